The van der Waals surface area contributed by atoms with Crippen molar-refractivity contribution < 1.29 is 9.72 Å². The highest BCUT2D eigenvalue weighted by molar-refractivity contribution is 8.19. The molecule has 0 aromatic heterocycles. The molecule has 6 nitrogen and oxygen atoms in total. The third kappa shape index (κ3) is 3.32. The van der Waals surface area contributed by atoms with Crippen molar-refractivity contribution in [2.75, 3.05) is 4.90 Å². The smallest absolute Gasteiger partial charge is 0.271 e. The van der Waals surface area contributed by atoms with Crippen molar-refractivity contribution in [1.82, 2.24) is 0 Å². The molecule has 1 fully saturated rings. The Hall–Kier alpha value is -2.93. The Kier molecular flexibility index (Phi) is 4.41. The molecule has 1 heterocycles. The van der Waals surface area contributed by atoms with E-state index < -0.39 is 4.92 Å². The second-order valence-corrected chi connectivity index (χ2v) is 6.73. The molecule has 3 rings (SSSR count). The monoisotopic (exact) mass is 353 g/mol. The fourth-order valence-electron chi connectivity index (χ4n) is 2.51. The summed E-state index contributed by atoms with van der Waals surface area (Å²) in [5, 5.41) is 19.0. The molecule has 1 N–H and O–H groups in total. The highest BCUT2D eigenvalue weighted by Crippen LogP contribution is 2.36. The number of carbonyl (C=O) groups excluding carboxylic acids is 1. The van der Waals surface area contributed by atoms with Crippen molar-refractivity contribution in [3.05, 3.63) is 74.2 Å². The van der Waals surface area contributed by atoms with Crippen LogP contribution in [-0.4, -0.2) is 16.0 Å². The standard InChI is InChI=1S/C18H15N3O3S/c1-11-3-4-12(2)15(9-11)20-17(22)16(25-18(20)19)10-13-5-7-14(8-6-13)21(23)24/h3-10,19H,1-2H3. The molecule has 0 spiro atoms. The third-order valence-electron chi connectivity index (χ3n) is 3.83. The molecule has 0 unspecified atom stereocenters. The number of nitro groups is 1. The second kappa shape index (κ2) is 6.52. The van der Waals surface area contributed by atoms with Gasteiger partial charge in [-0.1, -0.05) is 12.1 Å². The van der Waals surface area contributed by atoms with Crippen molar-refractivity contribution in [2.24, 2.45) is 0 Å². The van der Waals surface area contributed by atoms with Gasteiger partial charge in [0.15, 0.2) is 5.17 Å². The minimum absolute atomic E-state index is 0.00249. The van der Waals surface area contributed by atoms with E-state index in [1.165, 1.54) is 17.0 Å². The van der Waals surface area contributed by atoms with Gasteiger partial charge < -0.3 is 0 Å². The van der Waals surface area contributed by atoms with Gasteiger partial charge in [0.1, 0.15) is 0 Å². The Morgan fingerprint density at radius 2 is 1.84 bits per heavy atom. The van der Waals surface area contributed by atoms with E-state index in [2.05, 4.69) is 0 Å². The molecule has 0 saturated carbocycles. The fourth-order valence-corrected chi connectivity index (χ4v) is 3.36. The number of aryl methyl sites for hydroxylation is 2. The number of nitrogens with one attached hydrogen (secondary N) is 1. The molecular weight excluding hydrogens is 338 g/mol. The SMILES string of the molecule is Cc1ccc(C)c(N2C(=N)SC(=Cc3ccc([N+](=O)[O-])cc3)C2=O)c1. The maximum absolute atomic E-state index is 12.7. The Morgan fingerprint density at radius 1 is 1.16 bits per heavy atom. The molecule has 1 aliphatic rings. The summed E-state index contributed by atoms with van der Waals surface area (Å²) in [5.41, 5.74) is 3.31. The van der Waals surface area contributed by atoms with Crippen LogP contribution in [0.5, 0.6) is 0 Å². The van der Waals surface area contributed by atoms with Crippen LogP contribution in [0.15, 0.2) is 47.4 Å². The molecular formula is C18H15N3O3S. The Labute approximate surface area is 148 Å². The van der Waals surface area contributed by atoms with Gasteiger partial charge in [-0.25, -0.2) is 0 Å². The molecule has 7 heteroatoms. The first-order valence-corrected chi connectivity index (χ1v) is 8.33. The molecule has 25 heavy (non-hydrogen) atoms. The van der Waals surface area contributed by atoms with E-state index in [9.17, 15) is 14.9 Å². The molecule has 0 radical (unpaired) electrons. The van der Waals surface area contributed by atoms with Gasteiger partial charge in [-0.15, -0.1) is 0 Å². The first-order chi connectivity index (χ1) is 11.9. The number of rotatable bonds is 3. The zero-order chi connectivity index (χ0) is 18.1. The molecule has 1 aliphatic heterocycles. The van der Waals surface area contributed by atoms with Gasteiger partial charge in [0.25, 0.3) is 11.6 Å². The lowest BCUT2D eigenvalue weighted by molar-refractivity contribution is -0.384. The summed E-state index contributed by atoms with van der Waals surface area (Å²) in [6.45, 7) is 3.84. The number of hydrogen-bond donors (Lipinski definition) is 1. The van der Waals surface area contributed by atoms with Crippen LogP contribution in [-0.2, 0) is 4.79 Å². The maximum Gasteiger partial charge on any atom is 0.271 e. The van der Waals surface area contributed by atoms with Crippen LogP contribution < -0.4 is 4.90 Å². The van der Waals surface area contributed by atoms with Crippen LogP contribution in [0, 0.1) is 29.4 Å². The summed E-state index contributed by atoms with van der Waals surface area (Å²) >= 11 is 1.08. The van der Waals surface area contributed by atoms with Crippen LogP contribution >= 0.6 is 11.8 Å². The molecule has 2 aromatic carbocycles. The maximum atomic E-state index is 12.7. The Morgan fingerprint density at radius 3 is 2.48 bits per heavy atom. The summed E-state index contributed by atoms with van der Waals surface area (Å²) < 4.78 is 0. The number of non-ortho nitro benzene ring substituents is 1. The highest BCUT2D eigenvalue weighted by atomic mass is 32.2. The van der Waals surface area contributed by atoms with Crippen molar-refractivity contribution in [2.45, 2.75) is 13.8 Å². The molecule has 0 atom stereocenters. The number of anilines is 1. The molecule has 2 aromatic rings. The average Bonchev–Trinajstić information content (AvgIpc) is 2.84. The van der Waals surface area contributed by atoms with Crippen LogP contribution in [0.1, 0.15) is 16.7 Å². The highest BCUT2D eigenvalue weighted by Gasteiger charge is 2.34. The number of nitro benzene ring substituents is 1. The fraction of sp³-hybridized carbons (Fsp3) is 0.111. The predicted octanol–water partition coefficient (Wildman–Crippen LogP) is 4.27. The lowest BCUT2D eigenvalue weighted by Crippen LogP contribution is -2.28. The van der Waals surface area contributed by atoms with E-state index in [1.54, 1.807) is 18.2 Å². The first kappa shape index (κ1) is 16.9. The first-order valence-electron chi connectivity index (χ1n) is 7.51. The summed E-state index contributed by atoms with van der Waals surface area (Å²) in [7, 11) is 0. The Balaban J connectivity index is 1.93. The van der Waals surface area contributed by atoms with Crippen LogP contribution in [0.3, 0.4) is 0 Å². The molecule has 126 valence electrons. The number of hydrogen-bond acceptors (Lipinski definition) is 5. The zero-order valence-corrected chi connectivity index (χ0v) is 14.5. The summed E-state index contributed by atoms with van der Waals surface area (Å²) in [5.74, 6) is -0.262. The van der Waals surface area contributed by atoms with Gasteiger partial charge in [-0.2, -0.15) is 0 Å². The lowest BCUT2D eigenvalue weighted by Gasteiger charge is -2.17. The van der Waals surface area contributed by atoms with Gasteiger partial charge in [0, 0.05) is 12.1 Å². The third-order valence-corrected chi connectivity index (χ3v) is 4.72. The average molecular weight is 353 g/mol. The summed E-state index contributed by atoms with van der Waals surface area (Å²) in [6.07, 6.45) is 1.65. The van der Waals surface area contributed by atoms with Gasteiger partial charge in [-0.05, 0) is 66.6 Å². The van der Waals surface area contributed by atoms with E-state index in [-0.39, 0.29) is 16.8 Å². The number of amides is 1. The topological polar surface area (TPSA) is 87.3 Å². The second-order valence-electron chi connectivity index (χ2n) is 5.69. The number of carbonyl (C=O) groups is 1. The number of nitrogens with zero attached hydrogens (tertiary/aromatic N) is 2. The quantitative estimate of drug-likeness (QED) is 0.507. The molecule has 0 aliphatic carbocycles. The predicted molar refractivity (Wildman–Crippen MR) is 99.8 cm³/mol. The van der Waals surface area contributed by atoms with E-state index in [1.807, 2.05) is 32.0 Å². The van der Waals surface area contributed by atoms with Gasteiger partial charge in [-0.3, -0.25) is 25.2 Å². The van der Waals surface area contributed by atoms with Crippen LogP contribution in [0.25, 0.3) is 6.08 Å². The lowest BCUT2D eigenvalue weighted by atomic mass is 10.1. The zero-order valence-electron chi connectivity index (χ0n) is 13.6. The van der Waals surface area contributed by atoms with Crippen LogP contribution in [0.2, 0.25) is 0 Å². The molecule has 1 amide bonds. The van der Waals surface area contributed by atoms with E-state index >= 15 is 0 Å². The van der Waals surface area contributed by atoms with Gasteiger partial charge >= 0.3 is 0 Å². The van der Waals surface area contributed by atoms with E-state index in [0.717, 1.165) is 22.9 Å². The molecule has 1 saturated heterocycles. The minimum Gasteiger partial charge on any atom is -0.278 e. The number of amidine groups is 1. The Bertz CT molecular complexity index is 920. The van der Waals surface area contributed by atoms with E-state index in [0.29, 0.717) is 16.2 Å². The van der Waals surface area contributed by atoms with Crippen LogP contribution in [0.4, 0.5) is 11.4 Å². The summed E-state index contributed by atoms with van der Waals surface area (Å²) in [6, 6.07) is 11.7. The van der Waals surface area contributed by atoms with Gasteiger partial charge in [0.05, 0.1) is 15.5 Å². The number of thioether (sulfide) groups is 1. The van der Waals surface area contributed by atoms with Gasteiger partial charge in [0.2, 0.25) is 0 Å². The summed E-state index contributed by atoms with van der Waals surface area (Å²) in [4.78, 5) is 24.8. The van der Waals surface area contributed by atoms with Crippen molar-refractivity contribution in [3.8, 4) is 0 Å². The number of benzene rings is 2. The molecule has 0 bridgehead atoms. The van der Waals surface area contributed by atoms with Crippen molar-refractivity contribution in [1.29, 1.82) is 5.41 Å². The van der Waals surface area contributed by atoms with E-state index in [4.69, 9.17) is 5.41 Å². The van der Waals surface area contributed by atoms with Crippen molar-refractivity contribution in [3.63, 3.8) is 0 Å². The largest absolute Gasteiger partial charge is 0.278 e. The minimum atomic E-state index is -0.468. The normalized spacial score (nSPS) is 15.9. The van der Waals surface area contributed by atoms with Crippen molar-refractivity contribution >= 4 is 40.3 Å².